The van der Waals surface area contributed by atoms with Crippen molar-refractivity contribution in [1.82, 2.24) is 0 Å². The lowest BCUT2D eigenvalue weighted by atomic mass is 10.1. The van der Waals surface area contributed by atoms with Crippen LogP contribution in [-0.2, 0) is 15.8 Å². The van der Waals surface area contributed by atoms with Gasteiger partial charge in [-0.05, 0) is 5.56 Å². The minimum Gasteiger partial charge on any atom is -0.237 e. The molecule has 0 radical (unpaired) electrons. The van der Waals surface area contributed by atoms with E-state index in [9.17, 15) is 8.42 Å². The first kappa shape index (κ1) is 11.2. The third-order valence-corrected chi connectivity index (χ3v) is 2.41. The van der Waals surface area contributed by atoms with E-state index in [4.69, 9.17) is 17.0 Å². The zero-order chi connectivity index (χ0) is 11.5. The fraction of sp³-hybridized carbons (Fsp3) is 0.111. The van der Waals surface area contributed by atoms with E-state index in [1.807, 2.05) is 6.07 Å². The summed E-state index contributed by atoms with van der Waals surface area (Å²) in [6.07, 6.45) is 0. The van der Waals surface area contributed by atoms with E-state index in [-0.39, 0.29) is 17.0 Å². The van der Waals surface area contributed by atoms with E-state index in [0.29, 0.717) is 5.56 Å². The smallest absolute Gasteiger partial charge is 0.213 e. The van der Waals surface area contributed by atoms with Crippen molar-refractivity contribution in [2.45, 2.75) is 5.75 Å². The SMILES string of the molecule is [C-]#[N+]c1ccc(CS(N)(=O)=O)cc1C#N. The molecule has 0 amide bonds. The molecule has 0 spiro atoms. The van der Waals surface area contributed by atoms with E-state index in [1.54, 1.807) is 0 Å². The Kier molecular flexibility index (Phi) is 3.05. The predicted molar refractivity (Wildman–Crippen MR) is 54.2 cm³/mol. The minimum atomic E-state index is -3.61. The molecule has 0 saturated heterocycles. The molecule has 1 aromatic rings. The van der Waals surface area contributed by atoms with Gasteiger partial charge in [0.25, 0.3) is 0 Å². The molecule has 1 rings (SSSR count). The molecule has 15 heavy (non-hydrogen) atoms. The van der Waals surface area contributed by atoms with Crippen LogP contribution in [0.2, 0.25) is 0 Å². The lowest BCUT2D eigenvalue weighted by Crippen LogP contribution is -2.14. The van der Waals surface area contributed by atoms with Crippen molar-refractivity contribution in [2.24, 2.45) is 5.14 Å². The van der Waals surface area contributed by atoms with Crippen LogP contribution in [0.3, 0.4) is 0 Å². The first-order valence-electron chi connectivity index (χ1n) is 3.87. The largest absolute Gasteiger partial charge is 0.237 e. The second-order valence-corrected chi connectivity index (χ2v) is 4.50. The highest BCUT2D eigenvalue weighted by molar-refractivity contribution is 7.88. The van der Waals surface area contributed by atoms with Gasteiger partial charge in [-0.15, -0.1) is 0 Å². The van der Waals surface area contributed by atoms with Crippen LogP contribution in [0.25, 0.3) is 4.85 Å². The Balaban J connectivity index is 3.18. The van der Waals surface area contributed by atoms with Crippen molar-refractivity contribution < 1.29 is 8.42 Å². The van der Waals surface area contributed by atoms with Crippen LogP contribution in [0.5, 0.6) is 0 Å². The van der Waals surface area contributed by atoms with Crippen LogP contribution in [0.4, 0.5) is 5.69 Å². The summed E-state index contributed by atoms with van der Waals surface area (Å²) in [5.74, 6) is -0.333. The van der Waals surface area contributed by atoms with Crippen molar-refractivity contribution in [1.29, 1.82) is 5.26 Å². The molecule has 76 valence electrons. The van der Waals surface area contributed by atoms with Gasteiger partial charge in [-0.2, -0.15) is 5.26 Å². The summed E-state index contributed by atoms with van der Waals surface area (Å²) in [6, 6.07) is 6.06. The fourth-order valence-electron chi connectivity index (χ4n) is 1.09. The summed E-state index contributed by atoms with van der Waals surface area (Å²) in [5.41, 5.74) is 0.767. The number of hydrogen-bond donors (Lipinski definition) is 1. The highest BCUT2D eigenvalue weighted by Crippen LogP contribution is 2.20. The molecule has 0 aliphatic heterocycles. The quantitative estimate of drug-likeness (QED) is 0.752. The lowest BCUT2D eigenvalue weighted by Gasteiger charge is -2.00. The number of primary sulfonamides is 1. The number of nitrogens with zero attached hydrogens (tertiary/aromatic N) is 2. The Morgan fingerprint density at radius 1 is 1.53 bits per heavy atom. The average Bonchev–Trinajstić information content (AvgIpc) is 2.15. The van der Waals surface area contributed by atoms with Gasteiger partial charge in [0.2, 0.25) is 15.7 Å². The summed E-state index contributed by atoms with van der Waals surface area (Å²) in [7, 11) is -3.61. The second kappa shape index (κ2) is 4.09. The maximum Gasteiger partial charge on any atom is 0.213 e. The molecule has 1 aromatic carbocycles. The third kappa shape index (κ3) is 3.06. The van der Waals surface area contributed by atoms with Gasteiger partial charge < -0.3 is 0 Å². The number of sulfonamides is 1. The number of benzene rings is 1. The number of rotatable bonds is 2. The van der Waals surface area contributed by atoms with Gasteiger partial charge in [-0.3, -0.25) is 0 Å². The van der Waals surface area contributed by atoms with Crippen molar-refractivity contribution in [3.63, 3.8) is 0 Å². The fourth-order valence-corrected chi connectivity index (χ4v) is 1.74. The van der Waals surface area contributed by atoms with Crippen LogP contribution in [0.1, 0.15) is 11.1 Å². The highest BCUT2D eigenvalue weighted by Gasteiger charge is 2.08. The van der Waals surface area contributed by atoms with Gasteiger partial charge in [-0.1, -0.05) is 18.2 Å². The normalized spacial score (nSPS) is 10.3. The second-order valence-electron chi connectivity index (χ2n) is 2.88. The number of nitriles is 1. The third-order valence-electron chi connectivity index (χ3n) is 1.67. The van der Waals surface area contributed by atoms with Crippen LogP contribution in [-0.4, -0.2) is 8.42 Å². The molecule has 0 atom stereocenters. The Bertz CT molecular complexity index is 564. The molecule has 2 N–H and O–H groups in total. The van der Waals surface area contributed by atoms with E-state index in [1.165, 1.54) is 18.2 Å². The molecule has 0 fully saturated rings. The summed E-state index contributed by atoms with van der Waals surface area (Å²) in [4.78, 5) is 3.13. The van der Waals surface area contributed by atoms with Crippen molar-refractivity contribution in [2.75, 3.05) is 0 Å². The van der Waals surface area contributed by atoms with E-state index >= 15 is 0 Å². The van der Waals surface area contributed by atoms with Gasteiger partial charge in [0.1, 0.15) is 0 Å². The summed E-state index contributed by atoms with van der Waals surface area (Å²) < 4.78 is 21.6. The van der Waals surface area contributed by atoms with E-state index in [2.05, 4.69) is 4.85 Å². The Morgan fingerprint density at radius 2 is 2.20 bits per heavy atom. The molecular weight excluding hydrogens is 214 g/mol. The monoisotopic (exact) mass is 221 g/mol. The van der Waals surface area contributed by atoms with Crippen molar-refractivity contribution >= 4 is 15.7 Å². The zero-order valence-electron chi connectivity index (χ0n) is 7.64. The summed E-state index contributed by atoms with van der Waals surface area (Å²) in [6.45, 7) is 6.77. The van der Waals surface area contributed by atoms with Crippen LogP contribution in [0, 0.1) is 17.9 Å². The maximum atomic E-state index is 10.8. The number of nitrogens with two attached hydrogens (primary N) is 1. The lowest BCUT2D eigenvalue weighted by molar-refractivity contribution is 0.597. The van der Waals surface area contributed by atoms with Crippen LogP contribution in [0.15, 0.2) is 18.2 Å². The Morgan fingerprint density at radius 3 is 2.67 bits per heavy atom. The first-order valence-corrected chi connectivity index (χ1v) is 5.59. The first-order chi connectivity index (χ1) is 6.96. The van der Waals surface area contributed by atoms with E-state index < -0.39 is 10.0 Å². The molecule has 5 nitrogen and oxygen atoms in total. The highest BCUT2D eigenvalue weighted by atomic mass is 32.2. The molecule has 0 saturated carbocycles. The van der Waals surface area contributed by atoms with Gasteiger partial charge in [0.05, 0.1) is 24.0 Å². The Hall–Kier alpha value is -1.89. The standard InChI is InChI=1S/C9H7N3O2S/c1-12-9-3-2-7(4-8(9)5-10)6-15(11,13)14/h2-4H,6H2,(H2,11,13,14). The van der Waals surface area contributed by atoms with Gasteiger partial charge in [0.15, 0.2) is 0 Å². The molecule has 0 heterocycles. The molecular formula is C9H7N3O2S. The predicted octanol–water partition coefficient (Wildman–Crippen LogP) is 0.898. The van der Waals surface area contributed by atoms with Crippen LogP contribution >= 0.6 is 0 Å². The van der Waals surface area contributed by atoms with E-state index in [0.717, 1.165) is 0 Å². The molecule has 0 bridgehead atoms. The zero-order valence-corrected chi connectivity index (χ0v) is 8.45. The van der Waals surface area contributed by atoms with Gasteiger partial charge in [-0.25, -0.2) is 18.4 Å². The van der Waals surface area contributed by atoms with Crippen LogP contribution < -0.4 is 5.14 Å². The Labute approximate surface area is 87.6 Å². The van der Waals surface area contributed by atoms with Gasteiger partial charge in [0, 0.05) is 0 Å². The average molecular weight is 221 g/mol. The summed E-state index contributed by atoms with van der Waals surface area (Å²) in [5, 5.41) is 13.6. The molecule has 0 aliphatic rings. The topological polar surface area (TPSA) is 88.3 Å². The van der Waals surface area contributed by atoms with Crippen molar-refractivity contribution in [3.05, 3.63) is 40.7 Å². The maximum absolute atomic E-state index is 10.8. The summed E-state index contributed by atoms with van der Waals surface area (Å²) >= 11 is 0. The van der Waals surface area contributed by atoms with Crippen molar-refractivity contribution in [3.8, 4) is 6.07 Å². The molecule has 0 unspecified atom stereocenters. The molecule has 6 heteroatoms. The van der Waals surface area contributed by atoms with Gasteiger partial charge >= 0.3 is 0 Å². The number of hydrogen-bond acceptors (Lipinski definition) is 3. The minimum absolute atomic E-state index is 0.158. The molecule has 0 aliphatic carbocycles. The molecule has 0 aromatic heterocycles.